The predicted molar refractivity (Wildman–Crippen MR) is 120 cm³/mol. The van der Waals surface area contributed by atoms with E-state index < -0.39 is 29.3 Å². The number of carbonyl (C=O) groups is 4. The summed E-state index contributed by atoms with van der Waals surface area (Å²) in [6, 6.07) is -1.37. The molecule has 8 nitrogen and oxygen atoms in total. The van der Waals surface area contributed by atoms with Crippen molar-refractivity contribution in [2.75, 3.05) is 6.54 Å². The van der Waals surface area contributed by atoms with Gasteiger partial charge in [0.1, 0.15) is 23.2 Å². The number of carbonyl (C=O) groups excluding carboxylic acids is 4. The van der Waals surface area contributed by atoms with E-state index in [-0.39, 0.29) is 23.5 Å². The number of hydrogen-bond acceptors (Lipinski definition) is 5. The van der Waals surface area contributed by atoms with Crippen molar-refractivity contribution >= 4 is 23.7 Å². The molecular weight excluding hydrogens is 410 g/mol. The maximum Gasteiger partial charge on any atom is 0.408 e. The van der Waals surface area contributed by atoms with Gasteiger partial charge < -0.3 is 20.3 Å². The van der Waals surface area contributed by atoms with E-state index >= 15 is 0 Å². The Morgan fingerprint density at radius 2 is 1.91 bits per heavy atom. The average molecular weight is 448 g/mol. The molecule has 0 bridgehead atoms. The van der Waals surface area contributed by atoms with Crippen molar-refractivity contribution in [3.63, 3.8) is 0 Å². The van der Waals surface area contributed by atoms with Gasteiger partial charge in [0.2, 0.25) is 11.8 Å². The summed E-state index contributed by atoms with van der Waals surface area (Å²) >= 11 is 0. The van der Waals surface area contributed by atoms with Crippen LogP contribution in [0.3, 0.4) is 0 Å². The number of amides is 3. The van der Waals surface area contributed by atoms with Gasteiger partial charge in [-0.15, -0.1) is 0 Å². The number of ketones is 1. The van der Waals surface area contributed by atoms with Crippen LogP contribution in [-0.2, 0) is 19.1 Å². The van der Waals surface area contributed by atoms with Crippen molar-refractivity contribution in [1.82, 2.24) is 15.5 Å². The molecule has 0 aromatic heterocycles. The number of fused-ring (bicyclic) bond motifs is 2. The fourth-order valence-electron chi connectivity index (χ4n) is 4.72. The van der Waals surface area contributed by atoms with Crippen LogP contribution < -0.4 is 10.6 Å². The number of ether oxygens (including phenoxy) is 1. The van der Waals surface area contributed by atoms with E-state index in [0.29, 0.717) is 32.2 Å². The van der Waals surface area contributed by atoms with Crippen molar-refractivity contribution in [3.05, 3.63) is 12.2 Å². The normalized spacial score (nSPS) is 32.5. The van der Waals surface area contributed by atoms with Gasteiger partial charge in [0.15, 0.2) is 5.78 Å². The van der Waals surface area contributed by atoms with Gasteiger partial charge in [-0.3, -0.25) is 14.4 Å². The highest BCUT2D eigenvalue weighted by Gasteiger charge is 2.58. The molecule has 8 heteroatoms. The second-order valence-electron chi connectivity index (χ2n) is 10.3. The molecule has 3 rings (SSSR count). The lowest BCUT2D eigenvalue weighted by molar-refractivity contribution is -0.141. The third-order valence-corrected chi connectivity index (χ3v) is 6.55. The molecule has 1 unspecified atom stereocenters. The first-order chi connectivity index (χ1) is 15.0. The fraction of sp³-hybridized carbons (Fsp3) is 0.750. The SMILES string of the molecule is CC(=O)[C@@]12CC1/C=C\CCCCC[C@H](NC(=O)OC(C)(C)C)C(=O)N1CCC[C@H]1C(=O)N2. The molecule has 0 aromatic carbocycles. The molecule has 1 aliphatic carbocycles. The molecule has 1 saturated carbocycles. The monoisotopic (exact) mass is 447 g/mol. The lowest BCUT2D eigenvalue weighted by atomic mass is 10.0. The van der Waals surface area contributed by atoms with Crippen LogP contribution >= 0.6 is 0 Å². The summed E-state index contributed by atoms with van der Waals surface area (Å²) in [4.78, 5) is 52.9. The molecule has 4 atom stereocenters. The first-order valence-corrected chi connectivity index (χ1v) is 11.8. The van der Waals surface area contributed by atoms with E-state index in [4.69, 9.17) is 4.74 Å². The standard InChI is InChI=1S/C24H37N3O5/c1-16(28)24-15-17(24)11-8-6-5-7-9-12-18(25-22(31)32-23(2,3)4)21(30)27-14-10-13-19(27)20(29)26-24/h8,11,17-19H,5-7,9-10,12-15H2,1-4H3,(H,25,31)(H,26,29)/b11-8-/t17?,18-,19-,24-/m0/s1. The van der Waals surface area contributed by atoms with Gasteiger partial charge in [-0.2, -0.15) is 0 Å². The second kappa shape index (κ2) is 9.63. The molecule has 3 amide bonds. The van der Waals surface area contributed by atoms with E-state index in [1.54, 1.807) is 25.7 Å². The van der Waals surface area contributed by atoms with Crippen molar-refractivity contribution in [1.29, 1.82) is 0 Å². The molecule has 0 aromatic rings. The van der Waals surface area contributed by atoms with Crippen LogP contribution in [0.2, 0.25) is 0 Å². The molecule has 1 saturated heterocycles. The predicted octanol–water partition coefficient (Wildman–Crippen LogP) is 2.85. The van der Waals surface area contributed by atoms with Gasteiger partial charge in [-0.25, -0.2) is 4.79 Å². The smallest absolute Gasteiger partial charge is 0.408 e. The highest BCUT2D eigenvalue weighted by atomic mass is 16.6. The first kappa shape index (κ1) is 24.3. The molecule has 3 aliphatic rings. The zero-order chi connectivity index (χ0) is 23.5. The summed E-state index contributed by atoms with van der Waals surface area (Å²) in [7, 11) is 0. The molecule has 178 valence electrons. The van der Waals surface area contributed by atoms with Gasteiger partial charge in [-0.1, -0.05) is 25.0 Å². The molecular formula is C24H37N3O5. The summed E-state index contributed by atoms with van der Waals surface area (Å²) in [6.07, 6.45) is 9.40. The molecule has 0 spiro atoms. The minimum Gasteiger partial charge on any atom is -0.444 e. The zero-order valence-electron chi connectivity index (χ0n) is 19.7. The van der Waals surface area contributed by atoms with E-state index in [1.165, 1.54) is 6.92 Å². The molecule has 32 heavy (non-hydrogen) atoms. The number of Topliss-reactive ketones (excluding diaryl/α,β-unsaturated/α-hetero) is 1. The Morgan fingerprint density at radius 3 is 2.59 bits per heavy atom. The van der Waals surface area contributed by atoms with Crippen LogP contribution in [0.15, 0.2) is 12.2 Å². The van der Waals surface area contributed by atoms with Gasteiger partial charge >= 0.3 is 6.09 Å². The van der Waals surface area contributed by atoms with Gasteiger partial charge in [0.25, 0.3) is 0 Å². The summed E-state index contributed by atoms with van der Waals surface area (Å²) in [5, 5.41) is 5.70. The van der Waals surface area contributed by atoms with E-state index in [1.807, 2.05) is 6.08 Å². The Labute approximate surface area is 190 Å². The Bertz CT molecular complexity index is 787. The largest absolute Gasteiger partial charge is 0.444 e. The number of hydrogen-bond donors (Lipinski definition) is 2. The quantitative estimate of drug-likeness (QED) is 0.634. The van der Waals surface area contributed by atoms with E-state index in [9.17, 15) is 19.2 Å². The highest BCUT2D eigenvalue weighted by molar-refractivity contribution is 5.98. The Kier molecular flexibility index (Phi) is 7.30. The Hall–Kier alpha value is -2.38. The third kappa shape index (κ3) is 5.70. The lowest BCUT2D eigenvalue weighted by Crippen LogP contribution is -2.56. The number of nitrogens with zero attached hydrogens (tertiary/aromatic N) is 1. The first-order valence-electron chi connectivity index (χ1n) is 11.8. The number of allylic oxidation sites excluding steroid dienone is 1. The van der Waals surface area contributed by atoms with Crippen molar-refractivity contribution in [2.24, 2.45) is 5.92 Å². The minimum absolute atomic E-state index is 0.0150. The Balaban J connectivity index is 1.79. The van der Waals surface area contributed by atoms with Crippen LogP contribution in [0.25, 0.3) is 0 Å². The summed E-state index contributed by atoms with van der Waals surface area (Å²) < 4.78 is 5.36. The van der Waals surface area contributed by atoms with E-state index in [0.717, 1.165) is 25.7 Å². The van der Waals surface area contributed by atoms with Crippen LogP contribution in [0.4, 0.5) is 4.79 Å². The fourth-order valence-corrected chi connectivity index (χ4v) is 4.72. The number of rotatable bonds is 2. The zero-order valence-corrected chi connectivity index (χ0v) is 19.7. The van der Waals surface area contributed by atoms with Crippen LogP contribution in [0.5, 0.6) is 0 Å². The maximum atomic E-state index is 13.4. The Morgan fingerprint density at radius 1 is 1.16 bits per heavy atom. The molecule has 2 N–H and O–H groups in total. The van der Waals surface area contributed by atoms with Crippen LogP contribution in [-0.4, -0.2) is 58.4 Å². The molecule has 2 aliphatic heterocycles. The van der Waals surface area contributed by atoms with Crippen molar-refractivity contribution < 1.29 is 23.9 Å². The van der Waals surface area contributed by atoms with Gasteiger partial charge in [0.05, 0.1) is 0 Å². The van der Waals surface area contributed by atoms with Crippen molar-refractivity contribution in [3.8, 4) is 0 Å². The van der Waals surface area contributed by atoms with Crippen LogP contribution in [0, 0.1) is 5.92 Å². The maximum absolute atomic E-state index is 13.4. The second-order valence-corrected chi connectivity index (χ2v) is 10.3. The van der Waals surface area contributed by atoms with E-state index in [2.05, 4.69) is 16.7 Å². The highest BCUT2D eigenvalue weighted by Crippen LogP contribution is 2.45. The molecule has 2 fully saturated rings. The summed E-state index contributed by atoms with van der Waals surface area (Å²) in [5.41, 5.74) is -1.52. The van der Waals surface area contributed by atoms with Gasteiger partial charge in [0, 0.05) is 12.5 Å². The molecule has 0 radical (unpaired) electrons. The average Bonchev–Trinajstić information content (AvgIpc) is 3.16. The van der Waals surface area contributed by atoms with Gasteiger partial charge in [-0.05, 0) is 66.2 Å². The number of alkyl carbamates (subject to hydrolysis) is 1. The molecule has 2 heterocycles. The summed E-state index contributed by atoms with van der Waals surface area (Å²) in [5.74, 6) is -0.579. The minimum atomic E-state index is -0.848. The topological polar surface area (TPSA) is 105 Å². The number of nitrogens with one attached hydrogen (secondary N) is 2. The lowest BCUT2D eigenvalue weighted by Gasteiger charge is -2.30. The van der Waals surface area contributed by atoms with Crippen molar-refractivity contribution in [2.45, 2.75) is 102 Å². The van der Waals surface area contributed by atoms with Crippen LogP contribution in [0.1, 0.15) is 79.1 Å². The third-order valence-electron chi connectivity index (χ3n) is 6.55. The summed E-state index contributed by atoms with van der Waals surface area (Å²) in [6.45, 7) is 7.29.